The molecule has 0 spiro atoms. The van der Waals surface area contributed by atoms with E-state index in [-0.39, 0.29) is 0 Å². The van der Waals surface area contributed by atoms with E-state index in [4.69, 9.17) is 0 Å². The smallest absolute Gasteiger partial charge is 0.0251 e. The Kier molecular flexibility index (Phi) is 4.68. The van der Waals surface area contributed by atoms with Crippen LogP contribution in [-0.2, 0) is 0 Å². The Hall–Kier alpha value is -1.99. The number of allylic oxidation sites excluding steroid dienone is 4. The number of benzene rings is 2. The van der Waals surface area contributed by atoms with E-state index < -0.39 is 8.41 Å². The highest BCUT2D eigenvalue weighted by molar-refractivity contribution is 6.53. The van der Waals surface area contributed by atoms with Crippen molar-refractivity contribution in [3.05, 3.63) is 74.8 Å². The normalized spacial score (nSPS) is 14.4. The maximum absolute atomic E-state index is 3.77. The third kappa shape index (κ3) is 3.02. The van der Waals surface area contributed by atoms with E-state index in [2.05, 4.69) is 90.1 Å². The first-order valence-corrected chi connectivity index (χ1v) is 11.8. The standard InChI is InChI=1S/C26H29Si/c1-16(2)27(17(3)4)25-15-23-22-12-11-18(5)13-21(22)14-24(23)26(19(25)6)20-9-7-8-10-20/h7-9,11-13,15-17H,10H2,1-6H3. The molecule has 0 atom stereocenters. The number of hydrogen-bond acceptors (Lipinski definition) is 0. The van der Waals surface area contributed by atoms with E-state index in [1.165, 1.54) is 44.2 Å². The monoisotopic (exact) mass is 369 g/mol. The second-order valence-electron chi connectivity index (χ2n) is 8.61. The summed E-state index contributed by atoms with van der Waals surface area (Å²) in [7, 11) is -0.643. The molecular weight excluding hydrogens is 340 g/mol. The van der Waals surface area contributed by atoms with Crippen LogP contribution < -0.4 is 5.22 Å². The zero-order chi connectivity index (χ0) is 19.3. The summed E-state index contributed by atoms with van der Waals surface area (Å²) in [6.45, 7) is 14.2. The summed E-state index contributed by atoms with van der Waals surface area (Å²) in [5.74, 6) is 0. The van der Waals surface area contributed by atoms with Gasteiger partial charge in [-0.1, -0.05) is 75.8 Å². The van der Waals surface area contributed by atoms with E-state index in [0.29, 0.717) is 0 Å². The number of aryl methyl sites for hydroxylation is 1. The summed E-state index contributed by atoms with van der Waals surface area (Å²) in [6.07, 6.45) is 11.6. The van der Waals surface area contributed by atoms with E-state index in [0.717, 1.165) is 17.5 Å². The molecule has 0 unspecified atom stereocenters. The molecule has 0 bridgehead atoms. The van der Waals surface area contributed by atoms with Crippen molar-refractivity contribution in [1.82, 2.24) is 0 Å². The Balaban J connectivity index is 2.15. The summed E-state index contributed by atoms with van der Waals surface area (Å²) in [4.78, 5) is 1.63. The van der Waals surface area contributed by atoms with Crippen molar-refractivity contribution in [1.29, 1.82) is 0 Å². The van der Waals surface area contributed by atoms with Crippen molar-refractivity contribution in [3.8, 4) is 11.1 Å². The molecule has 0 N–H and O–H groups in total. The van der Waals surface area contributed by atoms with Gasteiger partial charge in [-0.05, 0) is 80.9 Å². The molecule has 0 nitrogen and oxygen atoms in total. The minimum Gasteiger partial charge on any atom is -0.0801 e. The van der Waals surface area contributed by atoms with Gasteiger partial charge in [0.1, 0.15) is 0 Å². The molecule has 0 aromatic heterocycles. The largest absolute Gasteiger partial charge is 0.0801 e. The van der Waals surface area contributed by atoms with Crippen LogP contribution in [0.15, 0.2) is 42.5 Å². The fourth-order valence-corrected chi connectivity index (χ4v) is 8.32. The number of fused-ring (bicyclic) bond motifs is 3. The Morgan fingerprint density at radius 3 is 2.33 bits per heavy atom. The minimum atomic E-state index is -0.643. The van der Waals surface area contributed by atoms with Gasteiger partial charge in [0.15, 0.2) is 0 Å². The molecule has 0 saturated heterocycles. The summed E-state index contributed by atoms with van der Waals surface area (Å²) >= 11 is 0. The van der Waals surface area contributed by atoms with Crippen molar-refractivity contribution in [2.75, 3.05) is 0 Å². The van der Waals surface area contributed by atoms with Gasteiger partial charge in [-0.25, -0.2) is 0 Å². The van der Waals surface area contributed by atoms with Gasteiger partial charge < -0.3 is 0 Å². The molecule has 0 saturated carbocycles. The van der Waals surface area contributed by atoms with Crippen LogP contribution in [0.3, 0.4) is 0 Å². The van der Waals surface area contributed by atoms with Crippen LogP contribution >= 0.6 is 0 Å². The molecule has 0 aliphatic heterocycles. The topological polar surface area (TPSA) is 0 Å². The molecule has 2 aromatic carbocycles. The molecule has 2 aliphatic carbocycles. The van der Waals surface area contributed by atoms with Crippen LogP contribution in [0.1, 0.15) is 56.4 Å². The highest BCUT2D eigenvalue weighted by atomic mass is 28.2. The molecule has 2 aliphatic rings. The summed E-state index contributed by atoms with van der Waals surface area (Å²) < 4.78 is 0. The highest BCUT2D eigenvalue weighted by Crippen LogP contribution is 2.34. The summed E-state index contributed by atoms with van der Waals surface area (Å²) in [6, 6.07) is 9.35. The second-order valence-corrected chi connectivity index (χ2v) is 12.4. The molecular formula is C26H29Si. The van der Waals surface area contributed by atoms with E-state index in [9.17, 15) is 0 Å². The Morgan fingerprint density at radius 1 is 0.963 bits per heavy atom. The van der Waals surface area contributed by atoms with Crippen molar-refractivity contribution in [2.24, 2.45) is 0 Å². The predicted octanol–water partition coefficient (Wildman–Crippen LogP) is 6.48. The number of rotatable bonds is 3. The lowest BCUT2D eigenvalue weighted by Crippen LogP contribution is -2.18. The van der Waals surface area contributed by atoms with Crippen LogP contribution in [0.2, 0.25) is 11.1 Å². The lowest BCUT2D eigenvalue weighted by Gasteiger charge is -2.19. The summed E-state index contributed by atoms with van der Waals surface area (Å²) in [5.41, 5.74) is 11.2. The molecule has 4 rings (SSSR count). The molecule has 137 valence electrons. The molecule has 1 radical (unpaired) electrons. The first kappa shape index (κ1) is 18.4. The van der Waals surface area contributed by atoms with Gasteiger partial charge in [0.05, 0.1) is 0 Å². The van der Waals surface area contributed by atoms with E-state index >= 15 is 0 Å². The first-order chi connectivity index (χ1) is 12.9. The van der Waals surface area contributed by atoms with Gasteiger partial charge in [0, 0.05) is 8.41 Å². The van der Waals surface area contributed by atoms with E-state index in [1.807, 2.05) is 0 Å². The SMILES string of the molecule is Cc1ccc2c(c1)[C]=c1c-2cc(=[Si](C(C)C)C(C)C)c(C)c1C1=CC=CC1. The van der Waals surface area contributed by atoms with Crippen molar-refractivity contribution < 1.29 is 0 Å². The predicted molar refractivity (Wildman–Crippen MR) is 120 cm³/mol. The fraction of sp³-hybridized carbons (Fsp3) is 0.346. The highest BCUT2D eigenvalue weighted by Gasteiger charge is 2.22. The van der Waals surface area contributed by atoms with Gasteiger partial charge in [0.25, 0.3) is 0 Å². The van der Waals surface area contributed by atoms with Crippen LogP contribution in [0, 0.1) is 18.7 Å². The molecule has 1 heteroatoms. The van der Waals surface area contributed by atoms with Crippen LogP contribution in [0.5, 0.6) is 0 Å². The molecule has 0 heterocycles. The zero-order valence-corrected chi connectivity index (χ0v) is 18.4. The van der Waals surface area contributed by atoms with Crippen molar-refractivity contribution in [3.63, 3.8) is 0 Å². The maximum Gasteiger partial charge on any atom is 0.0251 e. The van der Waals surface area contributed by atoms with Crippen LogP contribution in [-0.4, -0.2) is 8.41 Å². The Morgan fingerprint density at radius 2 is 1.70 bits per heavy atom. The summed E-state index contributed by atoms with van der Waals surface area (Å²) in [5, 5.41) is 1.32. The van der Waals surface area contributed by atoms with Gasteiger partial charge in [-0.2, -0.15) is 0 Å². The lowest BCUT2D eigenvalue weighted by molar-refractivity contribution is 0.955. The quantitative estimate of drug-likeness (QED) is 0.463. The van der Waals surface area contributed by atoms with Gasteiger partial charge in [-0.3, -0.25) is 0 Å². The third-order valence-corrected chi connectivity index (χ3v) is 9.59. The average molecular weight is 370 g/mol. The Bertz CT molecular complexity index is 1100. The van der Waals surface area contributed by atoms with E-state index in [1.54, 1.807) is 4.81 Å². The third-order valence-electron chi connectivity index (χ3n) is 5.96. The van der Waals surface area contributed by atoms with Crippen molar-refractivity contribution >= 4 is 20.1 Å². The molecule has 2 aromatic rings. The van der Waals surface area contributed by atoms with Gasteiger partial charge >= 0.3 is 0 Å². The Labute approximate surface area is 165 Å². The molecule has 27 heavy (non-hydrogen) atoms. The molecule has 0 fully saturated rings. The second kappa shape index (κ2) is 6.87. The minimum absolute atomic E-state index is 0.643. The molecule has 0 amide bonds. The van der Waals surface area contributed by atoms with Crippen LogP contribution in [0.25, 0.3) is 22.8 Å². The average Bonchev–Trinajstić information content (AvgIpc) is 3.22. The first-order valence-electron chi connectivity index (χ1n) is 10.2. The van der Waals surface area contributed by atoms with Gasteiger partial charge in [0.2, 0.25) is 0 Å². The fourth-order valence-electron chi connectivity index (χ4n) is 4.88. The van der Waals surface area contributed by atoms with Gasteiger partial charge in [-0.15, -0.1) is 0 Å². The lowest BCUT2D eigenvalue weighted by atomic mass is 9.94. The maximum atomic E-state index is 3.77. The zero-order valence-electron chi connectivity index (χ0n) is 17.4. The van der Waals surface area contributed by atoms with Crippen LogP contribution in [0.4, 0.5) is 0 Å². The van der Waals surface area contributed by atoms with Crippen molar-refractivity contribution in [2.45, 2.75) is 59.0 Å². The number of hydrogen-bond donors (Lipinski definition) is 0.